The standard InChI is InChI=1S/C12H12ClN3OS/c1-7-6-9(16-12(13)14-7)11(17)15-8(2)10-4-3-5-18-10/h3-6,8H,1-2H3,(H,15,17). The van der Waals surface area contributed by atoms with E-state index in [0.29, 0.717) is 5.69 Å². The quantitative estimate of drug-likeness (QED) is 0.880. The van der Waals surface area contributed by atoms with Gasteiger partial charge in [0.1, 0.15) is 5.69 Å². The maximum absolute atomic E-state index is 12.0. The molecular weight excluding hydrogens is 270 g/mol. The Kier molecular flexibility index (Phi) is 3.93. The van der Waals surface area contributed by atoms with Crippen molar-refractivity contribution in [3.63, 3.8) is 0 Å². The molecule has 0 saturated heterocycles. The third-order valence-corrected chi connectivity index (χ3v) is 3.60. The first kappa shape index (κ1) is 13.0. The van der Waals surface area contributed by atoms with E-state index in [-0.39, 0.29) is 22.9 Å². The summed E-state index contributed by atoms with van der Waals surface area (Å²) in [5.74, 6) is -0.247. The van der Waals surface area contributed by atoms with Crippen LogP contribution < -0.4 is 5.32 Å². The van der Waals surface area contributed by atoms with Gasteiger partial charge < -0.3 is 5.32 Å². The van der Waals surface area contributed by atoms with Gasteiger partial charge in [0.15, 0.2) is 0 Å². The molecule has 1 atom stereocenters. The van der Waals surface area contributed by atoms with Crippen LogP contribution in [0.2, 0.25) is 5.28 Å². The van der Waals surface area contributed by atoms with Crippen LogP contribution in [-0.2, 0) is 0 Å². The lowest BCUT2D eigenvalue weighted by Crippen LogP contribution is -2.27. The van der Waals surface area contributed by atoms with Gasteiger partial charge in [0.2, 0.25) is 5.28 Å². The summed E-state index contributed by atoms with van der Waals surface area (Å²) in [6.07, 6.45) is 0. The third-order valence-electron chi connectivity index (χ3n) is 2.38. The van der Waals surface area contributed by atoms with Crippen molar-refractivity contribution in [3.05, 3.63) is 45.1 Å². The largest absolute Gasteiger partial charge is 0.343 e. The van der Waals surface area contributed by atoms with Gasteiger partial charge in [-0.1, -0.05) is 6.07 Å². The van der Waals surface area contributed by atoms with Crippen LogP contribution in [0.4, 0.5) is 0 Å². The molecule has 0 spiro atoms. The van der Waals surface area contributed by atoms with Crippen molar-refractivity contribution in [3.8, 4) is 0 Å². The molecule has 1 unspecified atom stereocenters. The molecule has 2 heterocycles. The van der Waals surface area contributed by atoms with Crippen LogP contribution in [0.25, 0.3) is 0 Å². The zero-order valence-corrected chi connectivity index (χ0v) is 11.5. The second-order valence-electron chi connectivity index (χ2n) is 3.87. The fourth-order valence-corrected chi connectivity index (χ4v) is 2.49. The zero-order chi connectivity index (χ0) is 13.1. The van der Waals surface area contributed by atoms with Crippen molar-refractivity contribution >= 4 is 28.8 Å². The first-order chi connectivity index (χ1) is 8.56. The van der Waals surface area contributed by atoms with E-state index in [1.165, 1.54) is 0 Å². The van der Waals surface area contributed by atoms with Gasteiger partial charge in [0.05, 0.1) is 6.04 Å². The number of thiophene rings is 1. The molecule has 2 aromatic rings. The van der Waals surface area contributed by atoms with Gasteiger partial charge >= 0.3 is 0 Å². The van der Waals surface area contributed by atoms with Crippen molar-refractivity contribution in [1.82, 2.24) is 15.3 Å². The number of halogens is 1. The van der Waals surface area contributed by atoms with Crippen LogP contribution in [0.3, 0.4) is 0 Å². The molecule has 0 aliphatic carbocycles. The average Bonchev–Trinajstić information content (AvgIpc) is 2.80. The summed E-state index contributed by atoms with van der Waals surface area (Å²) in [5.41, 5.74) is 0.958. The van der Waals surface area contributed by atoms with Crippen molar-refractivity contribution in [2.75, 3.05) is 0 Å². The first-order valence-electron chi connectivity index (χ1n) is 5.41. The highest BCUT2D eigenvalue weighted by Gasteiger charge is 2.14. The second kappa shape index (κ2) is 5.46. The van der Waals surface area contributed by atoms with Crippen molar-refractivity contribution in [2.24, 2.45) is 0 Å². The molecular formula is C12H12ClN3OS. The van der Waals surface area contributed by atoms with Gasteiger partial charge in [-0.15, -0.1) is 11.3 Å². The average molecular weight is 282 g/mol. The predicted octanol–water partition coefficient (Wildman–Crippen LogP) is 2.99. The monoisotopic (exact) mass is 281 g/mol. The Balaban J connectivity index is 2.12. The minimum absolute atomic E-state index is 0.0495. The second-order valence-corrected chi connectivity index (χ2v) is 5.19. The lowest BCUT2D eigenvalue weighted by atomic mass is 10.2. The van der Waals surface area contributed by atoms with E-state index in [9.17, 15) is 4.79 Å². The van der Waals surface area contributed by atoms with Crippen molar-refractivity contribution in [2.45, 2.75) is 19.9 Å². The molecule has 0 bridgehead atoms. The fraction of sp³-hybridized carbons (Fsp3) is 0.250. The van der Waals surface area contributed by atoms with Crippen LogP contribution in [-0.4, -0.2) is 15.9 Å². The first-order valence-corrected chi connectivity index (χ1v) is 6.67. The molecule has 0 aliphatic heterocycles. The highest BCUT2D eigenvalue weighted by molar-refractivity contribution is 7.10. The van der Waals surface area contributed by atoms with Gasteiger partial charge in [-0.05, 0) is 43.0 Å². The van der Waals surface area contributed by atoms with Crippen molar-refractivity contribution < 1.29 is 4.79 Å². The van der Waals surface area contributed by atoms with Gasteiger partial charge in [-0.25, -0.2) is 9.97 Å². The Labute approximate surface area is 114 Å². The Morgan fingerprint density at radius 3 is 2.89 bits per heavy atom. The lowest BCUT2D eigenvalue weighted by molar-refractivity contribution is 0.0935. The summed E-state index contributed by atoms with van der Waals surface area (Å²) in [6.45, 7) is 3.70. The molecule has 1 N–H and O–H groups in total. The van der Waals surface area contributed by atoms with E-state index >= 15 is 0 Å². The molecule has 0 radical (unpaired) electrons. The topological polar surface area (TPSA) is 54.9 Å². The summed E-state index contributed by atoms with van der Waals surface area (Å²) < 4.78 is 0. The van der Waals surface area contributed by atoms with E-state index in [4.69, 9.17) is 11.6 Å². The number of nitrogens with one attached hydrogen (secondary N) is 1. The van der Waals surface area contributed by atoms with Crippen molar-refractivity contribution in [1.29, 1.82) is 0 Å². The number of amides is 1. The number of hydrogen-bond donors (Lipinski definition) is 1. The SMILES string of the molecule is Cc1cc(C(=O)NC(C)c2cccs2)nc(Cl)n1. The van der Waals surface area contributed by atoms with Crippen LogP contribution >= 0.6 is 22.9 Å². The van der Waals surface area contributed by atoms with Crippen LogP contribution in [0, 0.1) is 6.92 Å². The normalized spacial score (nSPS) is 12.2. The van der Waals surface area contributed by atoms with E-state index in [1.807, 2.05) is 24.4 Å². The maximum atomic E-state index is 12.0. The molecule has 18 heavy (non-hydrogen) atoms. The van der Waals surface area contributed by atoms with Gasteiger partial charge in [0, 0.05) is 10.6 Å². The number of aromatic nitrogens is 2. The maximum Gasteiger partial charge on any atom is 0.270 e. The molecule has 2 aromatic heterocycles. The van der Waals surface area contributed by atoms with E-state index < -0.39 is 0 Å². The molecule has 1 amide bonds. The summed E-state index contributed by atoms with van der Waals surface area (Å²) in [5, 5.41) is 4.94. The Morgan fingerprint density at radius 1 is 1.50 bits per heavy atom. The summed E-state index contributed by atoms with van der Waals surface area (Å²) in [7, 11) is 0. The number of nitrogens with zero attached hydrogens (tertiary/aromatic N) is 2. The number of carbonyl (C=O) groups is 1. The van der Waals surface area contributed by atoms with Gasteiger partial charge in [-0.2, -0.15) is 0 Å². The van der Waals surface area contributed by atoms with Gasteiger partial charge in [0.25, 0.3) is 5.91 Å². The molecule has 0 aromatic carbocycles. The summed E-state index contributed by atoms with van der Waals surface area (Å²) in [6, 6.07) is 5.50. The number of hydrogen-bond acceptors (Lipinski definition) is 4. The zero-order valence-electron chi connectivity index (χ0n) is 9.98. The van der Waals surface area contributed by atoms with Crippen LogP contribution in [0.15, 0.2) is 23.6 Å². The Hall–Kier alpha value is -1.46. The summed E-state index contributed by atoms with van der Waals surface area (Å²) in [4.78, 5) is 20.9. The highest BCUT2D eigenvalue weighted by atomic mass is 35.5. The van der Waals surface area contributed by atoms with Crippen LogP contribution in [0.1, 0.15) is 34.0 Å². The van der Waals surface area contributed by atoms with E-state index in [1.54, 1.807) is 24.3 Å². The lowest BCUT2D eigenvalue weighted by Gasteiger charge is -2.11. The third kappa shape index (κ3) is 3.05. The molecule has 6 heteroatoms. The Bertz CT molecular complexity index is 536. The number of carbonyl (C=O) groups excluding carboxylic acids is 1. The molecule has 4 nitrogen and oxygen atoms in total. The van der Waals surface area contributed by atoms with E-state index in [2.05, 4.69) is 15.3 Å². The summed E-state index contributed by atoms with van der Waals surface area (Å²) >= 11 is 7.33. The highest BCUT2D eigenvalue weighted by Crippen LogP contribution is 2.18. The van der Waals surface area contributed by atoms with E-state index in [0.717, 1.165) is 4.88 Å². The molecule has 0 saturated carbocycles. The van der Waals surface area contributed by atoms with Gasteiger partial charge in [-0.3, -0.25) is 4.79 Å². The smallest absolute Gasteiger partial charge is 0.270 e. The molecule has 0 aliphatic rings. The number of rotatable bonds is 3. The number of aryl methyl sites for hydroxylation is 1. The minimum atomic E-state index is -0.247. The molecule has 2 rings (SSSR count). The predicted molar refractivity (Wildman–Crippen MR) is 72.0 cm³/mol. The van der Waals surface area contributed by atoms with Crippen LogP contribution in [0.5, 0.6) is 0 Å². The Morgan fingerprint density at radius 2 is 2.28 bits per heavy atom. The minimum Gasteiger partial charge on any atom is -0.343 e. The fourth-order valence-electron chi connectivity index (χ4n) is 1.53. The molecule has 94 valence electrons. The molecule has 0 fully saturated rings.